The lowest BCUT2D eigenvalue weighted by molar-refractivity contribution is -0.143. The first-order chi connectivity index (χ1) is 12.5. The number of aromatic hydroxyl groups is 1. The second kappa shape index (κ2) is 7.01. The fraction of sp³-hybridized carbons (Fsp3) is 0.421. The molecule has 1 aliphatic rings. The van der Waals surface area contributed by atoms with Crippen molar-refractivity contribution < 1.29 is 27.4 Å². The van der Waals surface area contributed by atoms with Crippen molar-refractivity contribution >= 4 is 0 Å². The normalized spacial score (nSPS) is 20.6. The van der Waals surface area contributed by atoms with Gasteiger partial charge in [0.15, 0.2) is 5.75 Å². The minimum Gasteiger partial charge on any atom is -0.502 e. The van der Waals surface area contributed by atoms with Gasteiger partial charge in [-0.1, -0.05) is 12.1 Å². The maximum absolute atomic E-state index is 13.0. The van der Waals surface area contributed by atoms with Crippen LogP contribution in [0, 0.1) is 0 Å². The van der Waals surface area contributed by atoms with Gasteiger partial charge in [0.05, 0.1) is 23.8 Å². The van der Waals surface area contributed by atoms with Crippen LogP contribution in [-0.4, -0.2) is 28.7 Å². The summed E-state index contributed by atoms with van der Waals surface area (Å²) < 4.78 is 50.3. The lowest BCUT2D eigenvalue weighted by Gasteiger charge is -2.42. The molecule has 1 fully saturated rings. The largest absolute Gasteiger partial charge is 0.502 e. The Bertz CT molecular complexity index is 876. The van der Waals surface area contributed by atoms with Gasteiger partial charge in [0.25, 0.3) is 0 Å². The molecular formula is C19H20F3NO4. The molecule has 2 aromatic rings. The number of rotatable bonds is 3. The SMILES string of the molecule is CC1(C)CN(Cc2cc(=O)c(O)co2)CC(c2cccc(C(F)(F)F)c2)O1. The van der Waals surface area contributed by atoms with Gasteiger partial charge in [-0.05, 0) is 31.5 Å². The van der Waals surface area contributed by atoms with Gasteiger partial charge in [-0.25, -0.2) is 0 Å². The zero-order valence-corrected chi connectivity index (χ0v) is 14.9. The van der Waals surface area contributed by atoms with Crippen molar-refractivity contribution in [3.63, 3.8) is 0 Å². The average molecular weight is 383 g/mol. The van der Waals surface area contributed by atoms with Crippen LogP contribution in [0.5, 0.6) is 5.75 Å². The Morgan fingerprint density at radius 3 is 2.70 bits per heavy atom. The lowest BCUT2D eigenvalue weighted by Crippen LogP contribution is -2.49. The second-order valence-electron chi connectivity index (χ2n) is 7.25. The molecule has 1 N–H and O–H groups in total. The molecule has 1 atom stereocenters. The van der Waals surface area contributed by atoms with Gasteiger partial charge in [-0.2, -0.15) is 13.2 Å². The molecule has 1 aliphatic heterocycles. The van der Waals surface area contributed by atoms with Crippen LogP contribution in [0.25, 0.3) is 0 Å². The van der Waals surface area contributed by atoms with E-state index in [4.69, 9.17) is 9.15 Å². The third-order valence-electron chi connectivity index (χ3n) is 4.32. The van der Waals surface area contributed by atoms with E-state index in [1.165, 1.54) is 12.1 Å². The number of nitrogens with zero attached hydrogens (tertiary/aromatic N) is 1. The highest BCUT2D eigenvalue weighted by Gasteiger charge is 2.36. The topological polar surface area (TPSA) is 62.9 Å². The van der Waals surface area contributed by atoms with Crippen LogP contribution in [0.3, 0.4) is 0 Å². The zero-order valence-electron chi connectivity index (χ0n) is 14.9. The number of morpholine rings is 1. The molecule has 0 radical (unpaired) electrons. The fourth-order valence-electron chi connectivity index (χ4n) is 3.25. The van der Waals surface area contributed by atoms with E-state index in [-0.39, 0.29) is 6.54 Å². The van der Waals surface area contributed by atoms with Crippen LogP contribution in [0.4, 0.5) is 13.2 Å². The van der Waals surface area contributed by atoms with Gasteiger partial charge in [-0.3, -0.25) is 9.69 Å². The Morgan fingerprint density at radius 2 is 2.04 bits per heavy atom. The molecular weight excluding hydrogens is 363 g/mol. The van der Waals surface area contributed by atoms with Crippen LogP contribution in [0.1, 0.15) is 36.8 Å². The highest BCUT2D eigenvalue weighted by Crippen LogP contribution is 2.35. The second-order valence-corrected chi connectivity index (χ2v) is 7.25. The molecule has 0 saturated carbocycles. The van der Waals surface area contributed by atoms with Crippen LogP contribution in [0.15, 0.2) is 45.8 Å². The molecule has 146 valence electrons. The molecule has 3 rings (SSSR count). The number of halogens is 3. The van der Waals surface area contributed by atoms with E-state index >= 15 is 0 Å². The Kier molecular flexibility index (Phi) is 5.05. The fourth-order valence-corrected chi connectivity index (χ4v) is 3.25. The third-order valence-corrected chi connectivity index (χ3v) is 4.32. The monoisotopic (exact) mass is 383 g/mol. The molecule has 0 amide bonds. The Labute approximate surface area is 154 Å². The molecule has 0 aliphatic carbocycles. The Morgan fingerprint density at radius 1 is 1.30 bits per heavy atom. The Balaban J connectivity index is 1.83. The summed E-state index contributed by atoms with van der Waals surface area (Å²) >= 11 is 0. The quantitative estimate of drug-likeness (QED) is 0.875. The van der Waals surface area contributed by atoms with E-state index in [2.05, 4.69) is 0 Å². The maximum atomic E-state index is 13.0. The van der Waals surface area contributed by atoms with Gasteiger partial charge in [-0.15, -0.1) is 0 Å². The molecule has 5 nitrogen and oxygen atoms in total. The molecule has 1 unspecified atom stereocenters. The highest BCUT2D eigenvalue weighted by atomic mass is 19.4. The molecule has 2 heterocycles. The van der Waals surface area contributed by atoms with Gasteiger partial charge in [0.2, 0.25) is 5.43 Å². The van der Waals surface area contributed by atoms with Crippen LogP contribution < -0.4 is 5.43 Å². The first-order valence-corrected chi connectivity index (χ1v) is 8.41. The number of ether oxygens (including phenoxy) is 1. The minimum absolute atomic E-state index is 0.276. The maximum Gasteiger partial charge on any atom is 0.416 e. The Hall–Kier alpha value is -2.32. The van der Waals surface area contributed by atoms with Crippen molar-refractivity contribution in [2.45, 2.75) is 38.3 Å². The lowest BCUT2D eigenvalue weighted by atomic mass is 9.99. The highest BCUT2D eigenvalue weighted by molar-refractivity contribution is 5.28. The first-order valence-electron chi connectivity index (χ1n) is 8.41. The molecule has 8 heteroatoms. The first kappa shape index (κ1) is 19.4. The van der Waals surface area contributed by atoms with E-state index in [0.717, 1.165) is 18.4 Å². The summed E-state index contributed by atoms with van der Waals surface area (Å²) in [6.07, 6.45) is -4.00. The van der Waals surface area contributed by atoms with E-state index in [1.54, 1.807) is 6.07 Å². The molecule has 27 heavy (non-hydrogen) atoms. The van der Waals surface area contributed by atoms with Crippen LogP contribution in [0.2, 0.25) is 0 Å². The molecule has 0 bridgehead atoms. The summed E-state index contributed by atoms with van der Waals surface area (Å²) in [5.41, 5.74) is -1.43. The minimum atomic E-state index is -4.42. The van der Waals surface area contributed by atoms with Crippen molar-refractivity contribution in [2.75, 3.05) is 13.1 Å². The predicted molar refractivity (Wildman–Crippen MR) is 91.3 cm³/mol. The van der Waals surface area contributed by atoms with Crippen molar-refractivity contribution in [1.29, 1.82) is 0 Å². The van der Waals surface area contributed by atoms with Crippen molar-refractivity contribution in [2.24, 2.45) is 0 Å². The summed E-state index contributed by atoms with van der Waals surface area (Å²) in [6, 6.07) is 6.31. The van der Waals surface area contributed by atoms with Crippen molar-refractivity contribution in [3.8, 4) is 5.75 Å². The molecule has 1 aromatic carbocycles. The van der Waals surface area contributed by atoms with E-state index in [0.29, 0.717) is 24.4 Å². The van der Waals surface area contributed by atoms with Gasteiger partial charge >= 0.3 is 6.18 Å². The van der Waals surface area contributed by atoms with E-state index < -0.39 is 34.6 Å². The predicted octanol–water partition coefficient (Wildman–Crippen LogP) is 3.72. The summed E-state index contributed by atoms with van der Waals surface area (Å²) in [7, 11) is 0. The van der Waals surface area contributed by atoms with Crippen molar-refractivity contribution in [1.82, 2.24) is 4.90 Å². The van der Waals surface area contributed by atoms with Gasteiger partial charge < -0.3 is 14.3 Å². The smallest absolute Gasteiger partial charge is 0.416 e. The third kappa shape index (κ3) is 4.70. The average Bonchev–Trinajstić information content (AvgIpc) is 2.56. The molecule has 0 spiro atoms. The van der Waals surface area contributed by atoms with Crippen LogP contribution in [-0.2, 0) is 17.5 Å². The zero-order chi connectivity index (χ0) is 19.8. The van der Waals surface area contributed by atoms with E-state index in [1.807, 2.05) is 18.7 Å². The standard InChI is InChI=1S/C19H20F3NO4/c1-18(2)11-23(8-14-7-15(24)16(25)10-26-14)9-17(27-18)12-4-3-5-13(6-12)19(20,21)22/h3-7,10,17,25H,8-9,11H2,1-2H3. The number of alkyl halides is 3. The van der Waals surface area contributed by atoms with Gasteiger partial charge in [0, 0.05) is 19.2 Å². The summed E-state index contributed by atoms with van der Waals surface area (Å²) in [5, 5.41) is 9.28. The number of benzene rings is 1. The summed E-state index contributed by atoms with van der Waals surface area (Å²) in [4.78, 5) is 13.5. The number of hydrogen-bond donors (Lipinski definition) is 1. The van der Waals surface area contributed by atoms with E-state index in [9.17, 15) is 23.1 Å². The molecule has 1 saturated heterocycles. The van der Waals surface area contributed by atoms with Crippen LogP contribution >= 0.6 is 0 Å². The van der Waals surface area contributed by atoms with Gasteiger partial charge in [0.1, 0.15) is 12.0 Å². The number of hydrogen-bond acceptors (Lipinski definition) is 5. The molecule has 1 aromatic heterocycles. The summed E-state index contributed by atoms with van der Waals surface area (Å²) in [5.74, 6) is -0.110. The summed E-state index contributed by atoms with van der Waals surface area (Å²) in [6.45, 7) is 4.83. The van der Waals surface area contributed by atoms with Crippen molar-refractivity contribution in [3.05, 3.63) is 63.7 Å².